The maximum atomic E-state index is 13.1. The molecule has 136 valence electrons. The minimum atomic E-state index is -0.145. The predicted octanol–water partition coefficient (Wildman–Crippen LogP) is 4.51. The molecule has 0 N–H and O–H groups in total. The molecular weight excluding hydrogens is 392 g/mol. The minimum Gasteiger partial charge on any atom is -0.352 e. The average Bonchev–Trinajstić information content (AvgIpc) is 2.87. The fourth-order valence-electron chi connectivity index (χ4n) is 2.91. The summed E-state index contributed by atoms with van der Waals surface area (Å²) in [4.78, 5) is 17.8. The van der Waals surface area contributed by atoms with Gasteiger partial charge >= 0.3 is 0 Å². The molecule has 0 amide bonds. The van der Waals surface area contributed by atoms with Crippen molar-refractivity contribution in [2.24, 2.45) is 12.1 Å². The molecule has 0 saturated carbocycles. The summed E-state index contributed by atoms with van der Waals surface area (Å²) in [5, 5.41) is 5.09. The zero-order valence-electron chi connectivity index (χ0n) is 15.7. The lowest BCUT2D eigenvalue weighted by Gasteiger charge is -2.13. The monoisotopic (exact) mass is 414 g/mol. The molecule has 2 aromatic heterocycles. The molecule has 0 aliphatic heterocycles. The number of aryl methyl sites for hydroxylation is 1. The van der Waals surface area contributed by atoms with Crippen molar-refractivity contribution < 1.29 is 0 Å². The molecule has 26 heavy (non-hydrogen) atoms. The van der Waals surface area contributed by atoms with Crippen molar-refractivity contribution in [2.75, 3.05) is 0 Å². The van der Waals surface area contributed by atoms with E-state index in [0.29, 0.717) is 16.7 Å². The van der Waals surface area contributed by atoms with Gasteiger partial charge in [0, 0.05) is 34.4 Å². The third kappa shape index (κ3) is 3.26. The number of benzene rings is 1. The quantitative estimate of drug-likeness (QED) is 0.589. The van der Waals surface area contributed by atoms with Crippen molar-refractivity contribution in [3.05, 3.63) is 61.9 Å². The molecule has 0 spiro atoms. The van der Waals surface area contributed by atoms with Gasteiger partial charge in [0.25, 0.3) is 5.56 Å². The molecule has 1 aromatic carbocycles. The van der Waals surface area contributed by atoms with Crippen molar-refractivity contribution in [1.82, 2.24) is 14.2 Å². The van der Waals surface area contributed by atoms with Crippen LogP contribution in [-0.2, 0) is 7.05 Å². The molecular formula is C20H23BrN4O. The van der Waals surface area contributed by atoms with E-state index in [-0.39, 0.29) is 11.5 Å². The molecule has 0 aliphatic carbocycles. The van der Waals surface area contributed by atoms with Crippen LogP contribution in [-0.4, -0.2) is 20.4 Å². The Morgan fingerprint density at radius 2 is 2.04 bits per heavy atom. The Kier molecular flexibility index (Phi) is 5.14. The Hall–Kier alpha value is -2.21. The summed E-state index contributed by atoms with van der Waals surface area (Å²) in [6, 6.07) is 7.64. The van der Waals surface area contributed by atoms with E-state index in [4.69, 9.17) is 4.98 Å². The Morgan fingerprint density at radius 1 is 1.31 bits per heavy atom. The van der Waals surface area contributed by atoms with E-state index in [1.165, 1.54) is 4.68 Å². The Morgan fingerprint density at radius 3 is 2.65 bits per heavy atom. The first kappa shape index (κ1) is 18.6. The van der Waals surface area contributed by atoms with Gasteiger partial charge in [0.2, 0.25) is 0 Å². The number of hydrogen-bond acceptors (Lipinski definition) is 3. The molecule has 3 rings (SSSR count). The van der Waals surface area contributed by atoms with Gasteiger partial charge < -0.3 is 4.57 Å². The molecule has 0 saturated heterocycles. The highest BCUT2D eigenvalue weighted by Crippen LogP contribution is 2.21. The highest BCUT2D eigenvalue weighted by atomic mass is 79.9. The SMILES string of the molecule is CC[C@H](C)c1nc2ccc(Br)cc2c(=O)n1N=Cc1cc(C)n(C)c1C. The number of hydrogen-bond donors (Lipinski definition) is 0. The molecule has 3 aromatic rings. The second-order valence-electron chi connectivity index (χ2n) is 6.69. The van der Waals surface area contributed by atoms with Crippen molar-refractivity contribution in [3.63, 3.8) is 0 Å². The zero-order chi connectivity index (χ0) is 19.0. The molecule has 0 aliphatic rings. The first-order chi connectivity index (χ1) is 12.3. The molecule has 0 bridgehead atoms. The smallest absolute Gasteiger partial charge is 0.282 e. The van der Waals surface area contributed by atoms with Crippen LogP contribution >= 0.6 is 15.9 Å². The van der Waals surface area contributed by atoms with E-state index in [9.17, 15) is 4.79 Å². The van der Waals surface area contributed by atoms with Crippen LogP contribution in [0.2, 0.25) is 0 Å². The third-order valence-electron chi connectivity index (χ3n) is 5.01. The second kappa shape index (κ2) is 7.19. The van der Waals surface area contributed by atoms with Gasteiger partial charge in [0.05, 0.1) is 17.1 Å². The summed E-state index contributed by atoms with van der Waals surface area (Å²) >= 11 is 3.43. The molecule has 0 unspecified atom stereocenters. The normalized spacial score (nSPS) is 13.0. The van der Waals surface area contributed by atoms with Gasteiger partial charge in [0.1, 0.15) is 5.82 Å². The summed E-state index contributed by atoms with van der Waals surface area (Å²) in [5.74, 6) is 0.820. The molecule has 1 atom stereocenters. The lowest BCUT2D eigenvalue weighted by Crippen LogP contribution is -2.23. The molecule has 0 radical (unpaired) electrons. The number of halogens is 1. The van der Waals surface area contributed by atoms with Gasteiger partial charge in [-0.3, -0.25) is 4.79 Å². The van der Waals surface area contributed by atoms with Crippen LogP contribution in [0.15, 0.2) is 38.6 Å². The maximum Gasteiger partial charge on any atom is 0.282 e. The average molecular weight is 415 g/mol. The van der Waals surface area contributed by atoms with Gasteiger partial charge in [-0.25, -0.2) is 4.98 Å². The minimum absolute atomic E-state index is 0.131. The molecule has 0 fully saturated rings. The van der Waals surface area contributed by atoms with Crippen molar-refractivity contribution in [2.45, 2.75) is 40.0 Å². The highest BCUT2D eigenvalue weighted by molar-refractivity contribution is 9.10. The van der Waals surface area contributed by atoms with E-state index < -0.39 is 0 Å². The Labute approximate surface area is 161 Å². The van der Waals surface area contributed by atoms with Crippen LogP contribution in [0.4, 0.5) is 0 Å². The van der Waals surface area contributed by atoms with Crippen LogP contribution in [0, 0.1) is 13.8 Å². The van der Waals surface area contributed by atoms with E-state index in [0.717, 1.165) is 27.8 Å². The summed E-state index contributed by atoms with van der Waals surface area (Å²) in [6.07, 6.45) is 2.63. The van der Waals surface area contributed by atoms with E-state index in [2.05, 4.69) is 52.4 Å². The zero-order valence-corrected chi connectivity index (χ0v) is 17.3. The van der Waals surface area contributed by atoms with E-state index in [1.807, 2.05) is 26.1 Å². The maximum absolute atomic E-state index is 13.1. The summed E-state index contributed by atoms with van der Waals surface area (Å²) in [5.41, 5.74) is 3.82. The fourth-order valence-corrected chi connectivity index (χ4v) is 3.28. The lowest BCUT2D eigenvalue weighted by molar-refractivity contribution is 0.613. The van der Waals surface area contributed by atoms with Crippen LogP contribution in [0.25, 0.3) is 10.9 Å². The lowest BCUT2D eigenvalue weighted by atomic mass is 10.1. The van der Waals surface area contributed by atoms with Gasteiger partial charge in [0.15, 0.2) is 0 Å². The van der Waals surface area contributed by atoms with Crippen LogP contribution in [0.3, 0.4) is 0 Å². The van der Waals surface area contributed by atoms with E-state index in [1.54, 1.807) is 12.3 Å². The summed E-state index contributed by atoms with van der Waals surface area (Å²) in [7, 11) is 2.02. The third-order valence-corrected chi connectivity index (χ3v) is 5.51. The van der Waals surface area contributed by atoms with Crippen LogP contribution < -0.4 is 5.56 Å². The second-order valence-corrected chi connectivity index (χ2v) is 7.60. The number of aromatic nitrogens is 3. The van der Waals surface area contributed by atoms with Crippen LogP contribution in [0.5, 0.6) is 0 Å². The van der Waals surface area contributed by atoms with Gasteiger partial charge in [-0.05, 0) is 44.5 Å². The topological polar surface area (TPSA) is 52.2 Å². The first-order valence-electron chi connectivity index (χ1n) is 8.73. The number of nitrogens with zero attached hydrogens (tertiary/aromatic N) is 4. The van der Waals surface area contributed by atoms with Crippen molar-refractivity contribution in [1.29, 1.82) is 0 Å². The number of fused-ring (bicyclic) bond motifs is 1. The van der Waals surface area contributed by atoms with E-state index >= 15 is 0 Å². The van der Waals surface area contributed by atoms with Crippen molar-refractivity contribution in [3.8, 4) is 0 Å². The standard InChI is InChI=1S/C20H23BrN4O/c1-6-12(2)19-23-18-8-7-16(21)10-17(18)20(26)25(19)22-11-15-9-13(3)24(5)14(15)4/h7-12H,6H2,1-5H3/t12-/m0/s1. The molecule has 5 nitrogen and oxygen atoms in total. The van der Waals surface area contributed by atoms with Gasteiger partial charge in [-0.1, -0.05) is 29.8 Å². The predicted molar refractivity (Wildman–Crippen MR) is 110 cm³/mol. The van der Waals surface area contributed by atoms with Gasteiger partial charge in [-0.2, -0.15) is 9.78 Å². The Balaban J connectivity index is 2.22. The summed E-state index contributed by atoms with van der Waals surface area (Å²) in [6.45, 7) is 8.25. The molecule has 6 heteroatoms. The Bertz CT molecular complexity index is 1060. The fraction of sp³-hybridized carbons (Fsp3) is 0.350. The number of rotatable bonds is 4. The first-order valence-corrected chi connectivity index (χ1v) is 9.52. The highest BCUT2D eigenvalue weighted by Gasteiger charge is 2.15. The molecule has 2 heterocycles. The van der Waals surface area contributed by atoms with Crippen molar-refractivity contribution >= 4 is 33.0 Å². The van der Waals surface area contributed by atoms with Gasteiger partial charge in [-0.15, -0.1) is 0 Å². The largest absolute Gasteiger partial charge is 0.352 e. The van der Waals surface area contributed by atoms with Crippen LogP contribution in [0.1, 0.15) is 49.0 Å². The summed E-state index contributed by atoms with van der Waals surface area (Å²) < 4.78 is 4.41.